The number of hydrogen-bond donors (Lipinski definition) is 2. The van der Waals surface area contributed by atoms with Crippen LogP contribution in [0.1, 0.15) is 106 Å². The molecule has 0 heterocycles. The van der Waals surface area contributed by atoms with E-state index in [-0.39, 0.29) is 30.8 Å². The van der Waals surface area contributed by atoms with Gasteiger partial charge >= 0.3 is 18.0 Å². The average molecular weight is 615 g/mol. The number of ether oxygens (including phenoxy) is 2. The van der Waals surface area contributed by atoms with Gasteiger partial charge in [-0.3, -0.25) is 14.4 Å². The van der Waals surface area contributed by atoms with Crippen molar-refractivity contribution >= 4 is 23.7 Å². The Balaban J connectivity index is 0.000000658. The number of carbonyl (C=O) groups is 3. The van der Waals surface area contributed by atoms with E-state index in [1.807, 2.05) is 48.5 Å². The molecule has 9 heteroatoms. The van der Waals surface area contributed by atoms with E-state index in [1.165, 1.54) is 24.1 Å². The normalized spacial score (nSPS) is 11.9. The van der Waals surface area contributed by atoms with Crippen molar-refractivity contribution in [2.24, 2.45) is 16.0 Å². The molecule has 2 aromatic carbocycles. The number of hydrogen-bond acceptors (Lipinski definition) is 8. The van der Waals surface area contributed by atoms with E-state index in [1.54, 1.807) is 19.1 Å². The molecular weight excluding hydrogens is 560 g/mol. The molecule has 1 amide bonds. The highest BCUT2D eigenvalue weighted by molar-refractivity contribution is 5.82. The van der Waals surface area contributed by atoms with Crippen LogP contribution in [0.4, 0.5) is 4.79 Å². The average Bonchev–Trinajstić information content (AvgIpc) is 3.03. The number of carbonyl (C=O) groups excluding carboxylic acids is 3. The molecule has 0 saturated carbocycles. The van der Waals surface area contributed by atoms with E-state index in [0.29, 0.717) is 18.1 Å². The quantitative estimate of drug-likeness (QED) is 0.0614. The summed E-state index contributed by atoms with van der Waals surface area (Å²) in [5, 5.41) is 15.1. The molecule has 0 radical (unpaired) electrons. The van der Waals surface area contributed by atoms with Gasteiger partial charge in [-0.1, -0.05) is 70.1 Å². The van der Waals surface area contributed by atoms with E-state index in [9.17, 15) is 14.4 Å². The largest absolute Gasteiger partial charge is 0.508 e. The first-order chi connectivity index (χ1) is 20.6. The van der Waals surface area contributed by atoms with Crippen LogP contribution < -0.4 is 10.1 Å². The Kier molecular flexibility index (Phi) is 19.1. The van der Waals surface area contributed by atoms with Crippen molar-refractivity contribution in [1.82, 2.24) is 5.32 Å². The number of amides is 1. The van der Waals surface area contributed by atoms with Crippen molar-refractivity contribution < 1.29 is 33.8 Å². The molecule has 2 N–H and O–H groups in total. The first-order valence-corrected chi connectivity index (χ1v) is 15.3. The van der Waals surface area contributed by atoms with Crippen molar-refractivity contribution in [2.75, 3.05) is 13.2 Å². The van der Waals surface area contributed by atoms with Crippen LogP contribution in [-0.2, 0) is 19.2 Å². The lowest BCUT2D eigenvalue weighted by Gasteiger charge is -2.20. The van der Waals surface area contributed by atoms with Gasteiger partial charge in [-0.2, -0.15) is 0 Å². The summed E-state index contributed by atoms with van der Waals surface area (Å²) in [6, 6.07) is 16.7. The van der Waals surface area contributed by atoms with Gasteiger partial charge in [0.2, 0.25) is 0 Å². The highest BCUT2D eigenvalue weighted by atomic mass is 16.7. The minimum absolute atomic E-state index is 0.119. The van der Waals surface area contributed by atoms with Gasteiger partial charge in [-0.15, -0.1) is 0 Å². The lowest BCUT2D eigenvalue weighted by molar-refractivity contribution is -0.154. The third-order valence-corrected chi connectivity index (χ3v) is 7.30. The number of rotatable bonds is 12. The lowest BCUT2D eigenvalue weighted by atomic mass is 9.91. The Morgan fingerprint density at radius 3 is 1.91 bits per heavy atom. The molecule has 0 aliphatic heterocycles. The van der Waals surface area contributed by atoms with Gasteiger partial charge in [0, 0.05) is 0 Å². The number of phenols is 1. The van der Waals surface area contributed by atoms with E-state index in [0.717, 1.165) is 18.6 Å². The summed E-state index contributed by atoms with van der Waals surface area (Å²) in [6.45, 7) is 19.7. The Morgan fingerprint density at radius 1 is 0.864 bits per heavy atom. The number of aromatic hydroxyl groups is 1. The maximum Gasteiger partial charge on any atom is 0.433 e. The number of esters is 2. The molecule has 0 bridgehead atoms. The van der Waals surface area contributed by atoms with Crippen molar-refractivity contribution in [3.63, 3.8) is 0 Å². The van der Waals surface area contributed by atoms with Gasteiger partial charge in [-0.05, 0) is 96.0 Å². The van der Waals surface area contributed by atoms with Crippen molar-refractivity contribution in [3.05, 3.63) is 60.2 Å². The maximum absolute atomic E-state index is 11.7. The minimum atomic E-state index is -0.654. The van der Waals surface area contributed by atoms with Crippen molar-refractivity contribution in [1.29, 1.82) is 0 Å². The fourth-order valence-electron chi connectivity index (χ4n) is 2.77. The Labute approximate surface area is 264 Å². The van der Waals surface area contributed by atoms with Gasteiger partial charge in [0.1, 0.15) is 18.1 Å². The number of nitrogens with one attached hydrogen (secondary N) is 1. The first kappa shape index (κ1) is 40.1. The number of oxime groups is 1. The highest BCUT2D eigenvalue weighted by Crippen LogP contribution is 2.24. The van der Waals surface area contributed by atoms with Crippen LogP contribution in [0.15, 0.2) is 59.8 Å². The summed E-state index contributed by atoms with van der Waals surface area (Å²) in [5.74, 6) is 0.797. The number of nitrogens with zero attached hydrogens (tertiary/aromatic N) is 1. The summed E-state index contributed by atoms with van der Waals surface area (Å²) in [6.07, 6.45) is 2.72. The van der Waals surface area contributed by atoms with Crippen LogP contribution in [0.5, 0.6) is 11.5 Å². The molecule has 0 aromatic heterocycles. The van der Waals surface area contributed by atoms with Gasteiger partial charge in [0.25, 0.3) is 0 Å². The number of phenolic OH excluding ortho intramolecular Hbond substituents is 1. The van der Waals surface area contributed by atoms with E-state index in [2.05, 4.69) is 59.5 Å². The van der Waals surface area contributed by atoms with Crippen LogP contribution in [0.3, 0.4) is 0 Å². The number of benzene rings is 2. The monoisotopic (exact) mass is 614 g/mol. The fraction of sp³-hybridized carbons (Fsp3) is 0.543. The van der Waals surface area contributed by atoms with Crippen molar-refractivity contribution in [3.8, 4) is 11.5 Å². The van der Waals surface area contributed by atoms with Crippen LogP contribution in [0, 0.1) is 10.8 Å². The second kappa shape index (κ2) is 20.9. The Bertz CT molecular complexity index is 1140. The molecular formula is C35H54N2O7. The molecule has 1 unspecified atom stereocenters. The zero-order valence-corrected chi connectivity index (χ0v) is 28.4. The summed E-state index contributed by atoms with van der Waals surface area (Å²) in [7, 11) is 0. The first-order valence-electron chi connectivity index (χ1n) is 15.3. The molecule has 246 valence electrons. The smallest absolute Gasteiger partial charge is 0.433 e. The van der Waals surface area contributed by atoms with Gasteiger partial charge in [-0.25, -0.2) is 4.79 Å². The summed E-state index contributed by atoms with van der Waals surface area (Å²) < 4.78 is 10.2. The second-order valence-corrected chi connectivity index (χ2v) is 11.7. The van der Waals surface area contributed by atoms with Gasteiger partial charge in [0.05, 0.1) is 23.1 Å². The topological polar surface area (TPSA) is 124 Å². The molecule has 2 aromatic rings. The zero-order valence-electron chi connectivity index (χ0n) is 28.4. The Hall–Kier alpha value is -3.88. The molecule has 0 fully saturated rings. The predicted octanol–water partition coefficient (Wildman–Crippen LogP) is 8.41. The van der Waals surface area contributed by atoms with E-state index < -0.39 is 16.9 Å². The Morgan fingerprint density at radius 2 is 1.41 bits per heavy atom. The van der Waals surface area contributed by atoms with Crippen LogP contribution in [0.25, 0.3) is 0 Å². The highest BCUT2D eigenvalue weighted by Gasteiger charge is 2.28. The molecule has 0 aliphatic carbocycles. The van der Waals surface area contributed by atoms with Crippen LogP contribution in [0.2, 0.25) is 0 Å². The maximum atomic E-state index is 11.7. The molecule has 0 saturated heterocycles. The van der Waals surface area contributed by atoms with E-state index >= 15 is 0 Å². The third kappa shape index (κ3) is 16.7. The van der Waals surface area contributed by atoms with Crippen molar-refractivity contribution in [2.45, 2.75) is 101 Å². The van der Waals surface area contributed by atoms with Crippen LogP contribution >= 0.6 is 0 Å². The fourth-order valence-corrected chi connectivity index (χ4v) is 2.77. The molecule has 9 nitrogen and oxygen atoms in total. The lowest BCUT2D eigenvalue weighted by Crippen LogP contribution is -2.31. The summed E-state index contributed by atoms with van der Waals surface area (Å²) in [5.41, 5.74) is 1.21. The molecule has 1 atom stereocenters. The van der Waals surface area contributed by atoms with Gasteiger partial charge < -0.3 is 19.9 Å². The third-order valence-electron chi connectivity index (χ3n) is 7.30. The molecule has 0 aliphatic rings. The molecule has 0 spiro atoms. The van der Waals surface area contributed by atoms with E-state index in [4.69, 9.17) is 14.6 Å². The summed E-state index contributed by atoms with van der Waals surface area (Å²) in [4.78, 5) is 39.0. The molecule has 44 heavy (non-hydrogen) atoms. The molecule has 2 rings (SSSR count). The predicted molar refractivity (Wildman–Crippen MR) is 176 cm³/mol. The standard InChI is InChI=1S/C13H24N2O4.C12H16O3.C10H14/c1-6-10(3)15-19-12(17)14-8-9-18-11(16)13(4,5)7-2;1-4-12(2,3)11(14)15-10-7-5-9(13)6-8-10;1-3-9(2)10-7-5-4-6-8-10/h6-9H2,1-5H3,(H,14,17);5-8,13H,4H2,1-3H3;4-9H,3H2,1-2H3. The zero-order chi connectivity index (χ0) is 33.8. The van der Waals surface area contributed by atoms with Gasteiger partial charge in [0.15, 0.2) is 0 Å². The second-order valence-electron chi connectivity index (χ2n) is 11.7. The van der Waals surface area contributed by atoms with Crippen LogP contribution in [-0.4, -0.2) is 42.0 Å². The minimum Gasteiger partial charge on any atom is -0.508 e. The SMILES string of the molecule is CCC(C)(C)C(=O)Oc1ccc(O)cc1.CCC(C)=NOC(=O)NCCOC(=O)C(C)(C)CC.CCC(C)c1ccccc1. The summed E-state index contributed by atoms with van der Waals surface area (Å²) >= 11 is 0.